The van der Waals surface area contributed by atoms with Crippen molar-refractivity contribution in [2.75, 3.05) is 19.4 Å². The molecule has 5 heteroatoms. The van der Waals surface area contributed by atoms with Crippen LogP contribution >= 0.6 is 0 Å². The molecule has 1 aromatic heterocycles. The van der Waals surface area contributed by atoms with E-state index in [1.165, 1.54) is 0 Å². The lowest BCUT2D eigenvalue weighted by molar-refractivity contribution is -0.135. The highest BCUT2D eigenvalue weighted by molar-refractivity contribution is 5.79. The Morgan fingerprint density at radius 2 is 2.12 bits per heavy atom. The first-order chi connectivity index (χ1) is 8.06. The van der Waals surface area contributed by atoms with Gasteiger partial charge in [0.2, 0.25) is 5.91 Å². The van der Waals surface area contributed by atoms with Crippen LogP contribution in [-0.2, 0) is 4.79 Å². The van der Waals surface area contributed by atoms with Crippen LogP contribution < -0.4 is 5.32 Å². The number of nitrogens with zero attached hydrogens (tertiary/aromatic N) is 3. The predicted octanol–water partition coefficient (Wildman–Crippen LogP) is 1.06. The maximum atomic E-state index is 11.6. The van der Waals surface area contributed by atoms with E-state index >= 15 is 0 Å². The second-order valence-electron chi connectivity index (χ2n) is 4.79. The van der Waals surface area contributed by atoms with Crippen LogP contribution in [0.25, 0.3) is 0 Å². The number of nitrogens with one attached hydrogen (secondary N) is 1. The molecule has 0 radical (unpaired) electrons. The second kappa shape index (κ2) is 4.69. The van der Waals surface area contributed by atoms with E-state index in [9.17, 15) is 4.79 Å². The molecule has 1 N–H and O–H groups in total. The van der Waals surface area contributed by atoms with Crippen molar-refractivity contribution in [3.8, 4) is 0 Å². The Bertz CT molecular complexity index is 413. The van der Waals surface area contributed by atoms with Crippen molar-refractivity contribution in [3.63, 3.8) is 0 Å². The van der Waals surface area contributed by atoms with Gasteiger partial charge in [0.15, 0.2) is 0 Å². The summed E-state index contributed by atoms with van der Waals surface area (Å²) in [7, 11) is 3.60. The average molecular weight is 234 g/mol. The van der Waals surface area contributed by atoms with Gasteiger partial charge in [0, 0.05) is 37.8 Å². The number of carbonyl (C=O) groups is 1. The summed E-state index contributed by atoms with van der Waals surface area (Å²) in [5, 5.41) is 3.32. The van der Waals surface area contributed by atoms with Crippen molar-refractivity contribution in [3.05, 3.63) is 18.1 Å². The van der Waals surface area contributed by atoms with Crippen LogP contribution in [0.3, 0.4) is 0 Å². The van der Waals surface area contributed by atoms with Crippen LogP contribution in [0.5, 0.6) is 0 Å². The van der Waals surface area contributed by atoms with Crippen molar-refractivity contribution in [2.24, 2.45) is 5.92 Å². The third kappa shape index (κ3) is 2.72. The summed E-state index contributed by atoms with van der Waals surface area (Å²) in [5.41, 5.74) is 0.947. The third-order valence-corrected chi connectivity index (χ3v) is 3.08. The summed E-state index contributed by atoms with van der Waals surface area (Å²) >= 11 is 0. The fraction of sp³-hybridized carbons (Fsp3) is 0.583. The van der Waals surface area contributed by atoms with Gasteiger partial charge in [-0.15, -0.1) is 0 Å². The molecule has 0 spiro atoms. The smallest absolute Gasteiger partial charge is 0.225 e. The fourth-order valence-electron chi connectivity index (χ4n) is 2.05. The lowest BCUT2D eigenvalue weighted by Crippen LogP contribution is -2.44. The normalized spacial score (nSPS) is 22.8. The topological polar surface area (TPSA) is 58.1 Å². The maximum absolute atomic E-state index is 11.6. The van der Waals surface area contributed by atoms with Gasteiger partial charge in [0.1, 0.15) is 12.1 Å². The largest absolute Gasteiger partial charge is 0.367 e. The number of hydrogen-bond acceptors (Lipinski definition) is 4. The van der Waals surface area contributed by atoms with Crippen LogP contribution in [0.4, 0.5) is 5.82 Å². The molecule has 0 saturated heterocycles. The van der Waals surface area contributed by atoms with Crippen LogP contribution in [-0.4, -0.2) is 40.9 Å². The Balaban J connectivity index is 1.83. The molecule has 1 saturated carbocycles. The van der Waals surface area contributed by atoms with Crippen molar-refractivity contribution >= 4 is 11.7 Å². The Labute approximate surface area is 101 Å². The predicted molar refractivity (Wildman–Crippen MR) is 65.6 cm³/mol. The molecule has 1 amide bonds. The maximum Gasteiger partial charge on any atom is 0.225 e. The van der Waals surface area contributed by atoms with E-state index in [-0.39, 0.29) is 11.8 Å². The highest BCUT2D eigenvalue weighted by Crippen LogP contribution is 2.30. The van der Waals surface area contributed by atoms with E-state index in [1.54, 1.807) is 25.3 Å². The van der Waals surface area contributed by atoms with Gasteiger partial charge in [-0.1, -0.05) is 0 Å². The molecule has 0 atom stereocenters. The van der Waals surface area contributed by atoms with Crippen molar-refractivity contribution in [1.82, 2.24) is 14.9 Å². The van der Waals surface area contributed by atoms with Crippen molar-refractivity contribution in [1.29, 1.82) is 0 Å². The monoisotopic (exact) mass is 234 g/mol. The second-order valence-corrected chi connectivity index (χ2v) is 4.79. The number of aromatic nitrogens is 2. The van der Waals surface area contributed by atoms with Crippen LogP contribution in [0.15, 0.2) is 12.4 Å². The average Bonchev–Trinajstić information content (AvgIpc) is 2.22. The molecular weight excluding hydrogens is 216 g/mol. The summed E-state index contributed by atoms with van der Waals surface area (Å²) < 4.78 is 0. The molecule has 0 bridgehead atoms. The number of anilines is 1. The van der Waals surface area contributed by atoms with Crippen LogP contribution in [0.2, 0.25) is 0 Å². The molecule has 1 aliphatic carbocycles. The highest BCUT2D eigenvalue weighted by Gasteiger charge is 2.35. The van der Waals surface area contributed by atoms with E-state index in [2.05, 4.69) is 15.3 Å². The molecule has 92 valence electrons. The van der Waals surface area contributed by atoms with Crippen molar-refractivity contribution < 1.29 is 4.79 Å². The van der Waals surface area contributed by atoms with Gasteiger partial charge in [0.25, 0.3) is 0 Å². The van der Waals surface area contributed by atoms with Crippen LogP contribution in [0.1, 0.15) is 18.5 Å². The van der Waals surface area contributed by atoms with E-state index in [1.807, 2.05) is 13.0 Å². The SMILES string of the molecule is Cc1cc(N[C@H]2C[C@@H](C(=O)N(C)C)C2)ncn1. The van der Waals surface area contributed by atoms with Crippen LogP contribution in [0, 0.1) is 12.8 Å². The lowest BCUT2D eigenvalue weighted by Gasteiger charge is -2.36. The molecule has 2 rings (SSSR count). The number of hydrogen-bond donors (Lipinski definition) is 1. The number of carbonyl (C=O) groups excluding carboxylic acids is 1. The molecule has 0 unspecified atom stereocenters. The summed E-state index contributed by atoms with van der Waals surface area (Å²) in [6.45, 7) is 1.94. The summed E-state index contributed by atoms with van der Waals surface area (Å²) in [5.74, 6) is 1.24. The zero-order valence-corrected chi connectivity index (χ0v) is 10.5. The molecule has 5 nitrogen and oxygen atoms in total. The quantitative estimate of drug-likeness (QED) is 0.849. The third-order valence-electron chi connectivity index (χ3n) is 3.08. The molecule has 1 heterocycles. The summed E-state index contributed by atoms with van der Waals surface area (Å²) in [6.07, 6.45) is 3.33. The Morgan fingerprint density at radius 3 is 2.71 bits per heavy atom. The first-order valence-electron chi connectivity index (χ1n) is 5.82. The Kier molecular flexibility index (Phi) is 3.26. The minimum Gasteiger partial charge on any atom is -0.367 e. The minimum atomic E-state index is 0.172. The van der Waals surface area contributed by atoms with Gasteiger partial charge in [-0.3, -0.25) is 4.79 Å². The highest BCUT2D eigenvalue weighted by atomic mass is 16.2. The van der Waals surface area contributed by atoms with Gasteiger partial charge in [-0.2, -0.15) is 0 Å². The molecule has 0 aromatic carbocycles. The zero-order valence-electron chi connectivity index (χ0n) is 10.5. The first kappa shape index (κ1) is 11.8. The molecule has 1 aromatic rings. The first-order valence-corrected chi connectivity index (χ1v) is 5.82. The Morgan fingerprint density at radius 1 is 1.41 bits per heavy atom. The zero-order chi connectivity index (χ0) is 12.4. The number of amides is 1. The Hall–Kier alpha value is -1.65. The molecular formula is C12H18N4O. The van der Waals surface area contributed by atoms with Crippen molar-refractivity contribution in [2.45, 2.75) is 25.8 Å². The number of rotatable bonds is 3. The van der Waals surface area contributed by atoms with Gasteiger partial charge in [-0.25, -0.2) is 9.97 Å². The van der Waals surface area contributed by atoms with Gasteiger partial charge < -0.3 is 10.2 Å². The summed E-state index contributed by atoms with van der Waals surface area (Å²) in [6, 6.07) is 2.28. The van der Waals surface area contributed by atoms with E-state index < -0.39 is 0 Å². The molecule has 1 aliphatic rings. The summed E-state index contributed by atoms with van der Waals surface area (Å²) in [4.78, 5) is 21.5. The standard InChI is InChI=1S/C12H18N4O/c1-8-4-11(14-7-13-8)15-10-5-9(6-10)12(17)16(2)3/h4,7,9-10H,5-6H2,1-3H3,(H,13,14,15)/t9-,10+. The van der Waals surface area contributed by atoms with Gasteiger partial charge in [0.05, 0.1) is 0 Å². The van der Waals surface area contributed by atoms with E-state index in [0.29, 0.717) is 6.04 Å². The minimum absolute atomic E-state index is 0.172. The van der Waals surface area contributed by atoms with E-state index in [4.69, 9.17) is 0 Å². The fourth-order valence-corrected chi connectivity index (χ4v) is 2.05. The molecule has 17 heavy (non-hydrogen) atoms. The molecule has 1 fully saturated rings. The van der Waals surface area contributed by atoms with Gasteiger partial charge >= 0.3 is 0 Å². The molecule has 0 aliphatic heterocycles. The number of aryl methyl sites for hydroxylation is 1. The van der Waals surface area contributed by atoms with Gasteiger partial charge in [-0.05, 0) is 19.8 Å². The van der Waals surface area contributed by atoms with E-state index in [0.717, 1.165) is 24.4 Å². The lowest BCUT2D eigenvalue weighted by atomic mass is 9.79.